The molecule has 0 N–H and O–H groups in total. The number of alkyl halides is 3. The van der Waals surface area contributed by atoms with Crippen molar-refractivity contribution in [1.82, 2.24) is 0 Å². The van der Waals surface area contributed by atoms with Gasteiger partial charge in [0.2, 0.25) is 6.43 Å². The van der Waals surface area contributed by atoms with Crippen molar-refractivity contribution in [2.45, 2.75) is 12.3 Å². The van der Waals surface area contributed by atoms with Gasteiger partial charge >= 0.3 is 0 Å². The Morgan fingerprint density at radius 3 is 2.08 bits per heavy atom. The molecule has 12 heavy (non-hydrogen) atoms. The summed E-state index contributed by atoms with van der Waals surface area (Å²) in [4.78, 5) is 0. The van der Waals surface area contributed by atoms with Gasteiger partial charge in [0, 0.05) is 0 Å². The summed E-state index contributed by atoms with van der Waals surface area (Å²) < 4.78 is 36.4. The first kappa shape index (κ1) is 9.10. The molecule has 0 radical (unpaired) electrons. The van der Waals surface area contributed by atoms with Crippen LogP contribution in [0.4, 0.5) is 13.2 Å². The fourth-order valence-electron chi connectivity index (χ4n) is 1.00. The van der Waals surface area contributed by atoms with Crippen LogP contribution in [0.3, 0.4) is 0 Å². The molecule has 0 aliphatic heterocycles. The van der Waals surface area contributed by atoms with E-state index in [0.717, 1.165) is 0 Å². The van der Waals surface area contributed by atoms with Crippen molar-refractivity contribution in [2.24, 2.45) is 0 Å². The van der Waals surface area contributed by atoms with Crippen LogP contribution in [0.1, 0.15) is 11.5 Å². The molecule has 0 spiro atoms. The van der Waals surface area contributed by atoms with E-state index in [4.69, 9.17) is 0 Å². The van der Waals surface area contributed by atoms with Gasteiger partial charge in [0.05, 0.1) is 5.92 Å². The van der Waals surface area contributed by atoms with Crippen LogP contribution >= 0.6 is 0 Å². The molecule has 0 aliphatic rings. The highest BCUT2D eigenvalue weighted by Gasteiger charge is 2.21. The summed E-state index contributed by atoms with van der Waals surface area (Å²) in [5, 5.41) is 0. The zero-order valence-electron chi connectivity index (χ0n) is 6.38. The van der Waals surface area contributed by atoms with Crippen LogP contribution in [-0.2, 0) is 0 Å². The summed E-state index contributed by atoms with van der Waals surface area (Å²) in [6, 6.07) is 7.98. The highest BCUT2D eigenvalue weighted by molar-refractivity contribution is 5.20. The predicted octanol–water partition coefficient (Wildman–Crippen LogP) is 3.00. The molecule has 0 aromatic heterocycles. The largest absolute Gasteiger partial charge is 0.250 e. The first-order chi connectivity index (χ1) is 5.75. The van der Waals surface area contributed by atoms with Crippen LogP contribution < -0.4 is 0 Å². The summed E-state index contributed by atoms with van der Waals surface area (Å²) in [5.74, 6) is -1.27. The zero-order chi connectivity index (χ0) is 8.97. The van der Waals surface area contributed by atoms with Gasteiger partial charge < -0.3 is 0 Å². The maximum Gasteiger partial charge on any atom is 0.247 e. The molecule has 0 aliphatic carbocycles. The third-order valence-corrected chi connectivity index (χ3v) is 1.70. The average Bonchev–Trinajstić information content (AvgIpc) is 2.07. The van der Waals surface area contributed by atoms with Crippen LogP contribution in [0.25, 0.3) is 0 Å². The highest BCUT2D eigenvalue weighted by atomic mass is 19.3. The van der Waals surface area contributed by atoms with E-state index in [1.165, 1.54) is 12.1 Å². The lowest BCUT2D eigenvalue weighted by Gasteiger charge is -2.11. The molecular weight excluding hydrogens is 165 g/mol. The first-order valence-electron chi connectivity index (χ1n) is 3.64. The maximum atomic E-state index is 12.1. The number of benzene rings is 1. The quantitative estimate of drug-likeness (QED) is 0.660. The van der Waals surface area contributed by atoms with E-state index >= 15 is 0 Å². The van der Waals surface area contributed by atoms with Gasteiger partial charge in [-0.3, -0.25) is 4.39 Å². The molecule has 0 amide bonds. The number of halogens is 3. The third kappa shape index (κ3) is 2.00. The van der Waals surface area contributed by atoms with Gasteiger partial charge in [0.25, 0.3) is 0 Å². The van der Waals surface area contributed by atoms with Gasteiger partial charge in [0.15, 0.2) is 0 Å². The van der Waals surface area contributed by atoms with Crippen LogP contribution in [-0.4, -0.2) is 13.1 Å². The minimum absolute atomic E-state index is 0.356. The van der Waals surface area contributed by atoms with E-state index in [1.54, 1.807) is 18.2 Å². The minimum Gasteiger partial charge on any atom is -0.250 e. The van der Waals surface area contributed by atoms with Crippen molar-refractivity contribution in [2.75, 3.05) is 6.67 Å². The highest BCUT2D eigenvalue weighted by Crippen LogP contribution is 2.23. The molecule has 0 saturated heterocycles. The summed E-state index contributed by atoms with van der Waals surface area (Å²) in [6.07, 6.45) is -2.63. The van der Waals surface area contributed by atoms with E-state index in [2.05, 4.69) is 0 Å². The number of hydrogen-bond acceptors (Lipinski definition) is 0. The Hall–Kier alpha value is -0.990. The van der Waals surface area contributed by atoms with Crippen LogP contribution in [0.2, 0.25) is 0 Å². The molecule has 66 valence electrons. The molecule has 1 rings (SSSR count). The molecule has 1 aromatic rings. The molecule has 0 heterocycles. The van der Waals surface area contributed by atoms with Crippen molar-refractivity contribution in [1.29, 1.82) is 0 Å². The molecular formula is C9H9F3. The molecule has 1 aromatic carbocycles. The van der Waals surface area contributed by atoms with Gasteiger partial charge in [-0.25, -0.2) is 8.78 Å². The minimum atomic E-state index is -2.63. The SMILES string of the molecule is FCC(c1ccccc1)C(F)F. The van der Waals surface area contributed by atoms with Crippen molar-refractivity contribution < 1.29 is 13.2 Å². The summed E-state index contributed by atoms with van der Waals surface area (Å²) in [5.41, 5.74) is 0.356. The number of rotatable bonds is 3. The monoisotopic (exact) mass is 174 g/mol. The summed E-state index contributed by atoms with van der Waals surface area (Å²) >= 11 is 0. The number of hydrogen-bond donors (Lipinski definition) is 0. The fourth-order valence-corrected chi connectivity index (χ4v) is 1.00. The van der Waals surface area contributed by atoms with Crippen LogP contribution in [0.15, 0.2) is 30.3 Å². The Kier molecular flexibility index (Phi) is 3.14. The molecule has 1 unspecified atom stereocenters. The zero-order valence-corrected chi connectivity index (χ0v) is 6.38. The predicted molar refractivity (Wildman–Crippen MR) is 41.2 cm³/mol. The standard InChI is InChI=1S/C9H9F3/c10-6-8(9(11)12)7-4-2-1-3-5-7/h1-5,8-9H,6H2. The second-order valence-corrected chi connectivity index (χ2v) is 2.51. The van der Waals surface area contributed by atoms with E-state index < -0.39 is 19.0 Å². The van der Waals surface area contributed by atoms with Crippen molar-refractivity contribution in [3.63, 3.8) is 0 Å². The molecule has 3 heteroatoms. The Morgan fingerprint density at radius 2 is 1.67 bits per heavy atom. The van der Waals surface area contributed by atoms with Gasteiger partial charge in [-0.05, 0) is 5.56 Å². The normalized spacial score (nSPS) is 13.3. The molecule has 0 fully saturated rings. The topological polar surface area (TPSA) is 0 Å². The molecule has 0 saturated carbocycles. The van der Waals surface area contributed by atoms with Crippen molar-refractivity contribution in [3.05, 3.63) is 35.9 Å². The lowest BCUT2D eigenvalue weighted by molar-refractivity contribution is 0.101. The molecule has 0 nitrogen and oxygen atoms in total. The third-order valence-electron chi connectivity index (χ3n) is 1.70. The second-order valence-electron chi connectivity index (χ2n) is 2.51. The first-order valence-corrected chi connectivity index (χ1v) is 3.64. The maximum absolute atomic E-state index is 12.1. The van der Waals surface area contributed by atoms with Crippen molar-refractivity contribution in [3.8, 4) is 0 Å². The summed E-state index contributed by atoms with van der Waals surface area (Å²) in [6.45, 7) is -1.01. The lowest BCUT2D eigenvalue weighted by Crippen LogP contribution is -2.10. The Bertz CT molecular complexity index is 220. The lowest BCUT2D eigenvalue weighted by atomic mass is 10.0. The van der Waals surface area contributed by atoms with Crippen LogP contribution in [0.5, 0.6) is 0 Å². The summed E-state index contributed by atoms with van der Waals surface area (Å²) in [7, 11) is 0. The van der Waals surface area contributed by atoms with Gasteiger partial charge in [-0.1, -0.05) is 30.3 Å². The van der Waals surface area contributed by atoms with Crippen LogP contribution in [0, 0.1) is 0 Å². The van der Waals surface area contributed by atoms with Gasteiger partial charge in [-0.2, -0.15) is 0 Å². The van der Waals surface area contributed by atoms with Gasteiger partial charge in [0.1, 0.15) is 6.67 Å². The fraction of sp³-hybridized carbons (Fsp3) is 0.333. The van der Waals surface area contributed by atoms with E-state index in [9.17, 15) is 13.2 Å². The van der Waals surface area contributed by atoms with E-state index in [0.29, 0.717) is 5.56 Å². The van der Waals surface area contributed by atoms with Crippen molar-refractivity contribution >= 4 is 0 Å². The smallest absolute Gasteiger partial charge is 0.247 e. The Labute approximate surface area is 69.0 Å². The van der Waals surface area contributed by atoms with E-state index in [-0.39, 0.29) is 0 Å². The molecule has 1 atom stereocenters. The van der Waals surface area contributed by atoms with Gasteiger partial charge in [-0.15, -0.1) is 0 Å². The Balaban J connectivity index is 2.80. The average molecular weight is 174 g/mol. The Morgan fingerprint density at radius 1 is 1.08 bits per heavy atom. The van der Waals surface area contributed by atoms with E-state index in [1.807, 2.05) is 0 Å². The second kappa shape index (κ2) is 4.14. The molecule has 0 bridgehead atoms.